The second-order valence-corrected chi connectivity index (χ2v) is 10.7. The van der Waals surface area contributed by atoms with Crippen molar-refractivity contribution in [3.8, 4) is 5.75 Å². The number of benzene rings is 2. The Morgan fingerprint density at radius 3 is 2.36 bits per heavy atom. The number of sulfonamides is 1. The number of aliphatic hydroxyl groups is 1. The van der Waals surface area contributed by atoms with Gasteiger partial charge in [0.1, 0.15) is 11.5 Å². The molecular formula is C26H30N2O7S. The number of piperidine rings is 1. The molecule has 0 saturated carbocycles. The van der Waals surface area contributed by atoms with Crippen LogP contribution in [0.3, 0.4) is 0 Å². The van der Waals surface area contributed by atoms with Crippen molar-refractivity contribution in [1.29, 1.82) is 0 Å². The van der Waals surface area contributed by atoms with Crippen molar-refractivity contribution < 1.29 is 32.6 Å². The molecule has 0 spiro atoms. The summed E-state index contributed by atoms with van der Waals surface area (Å²) in [5, 5.41) is 11.2. The summed E-state index contributed by atoms with van der Waals surface area (Å²) in [7, 11) is -0.634. The van der Waals surface area contributed by atoms with Gasteiger partial charge in [-0.05, 0) is 54.8 Å². The number of likely N-dealkylation sites (tertiary alicyclic amines) is 1. The van der Waals surface area contributed by atoms with Crippen LogP contribution in [-0.4, -0.2) is 74.9 Å². The highest BCUT2D eigenvalue weighted by Gasteiger charge is 2.46. The molecule has 9 nitrogen and oxygen atoms in total. The number of methoxy groups -OCH3 is 2. The number of nitrogens with zero attached hydrogens (tertiary/aromatic N) is 2. The lowest BCUT2D eigenvalue weighted by Crippen LogP contribution is -2.35. The molecule has 2 aromatic carbocycles. The lowest BCUT2D eigenvalue weighted by Gasteiger charge is -2.26. The molecule has 2 fully saturated rings. The topological polar surface area (TPSA) is 113 Å². The molecule has 0 radical (unpaired) electrons. The quantitative estimate of drug-likeness (QED) is 0.327. The Kier molecular flexibility index (Phi) is 7.77. The van der Waals surface area contributed by atoms with E-state index in [0.717, 1.165) is 19.3 Å². The van der Waals surface area contributed by atoms with Gasteiger partial charge in [0, 0.05) is 32.3 Å². The summed E-state index contributed by atoms with van der Waals surface area (Å²) >= 11 is 0. The van der Waals surface area contributed by atoms with Gasteiger partial charge in [-0.2, -0.15) is 4.31 Å². The molecule has 2 saturated heterocycles. The van der Waals surface area contributed by atoms with Gasteiger partial charge in [0.25, 0.3) is 11.7 Å². The summed E-state index contributed by atoms with van der Waals surface area (Å²) in [6.45, 7) is 1.31. The van der Waals surface area contributed by atoms with Gasteiger partial charge in [-0.1, -0.05) is 18.6 Å². The average molecular weight is 515 g/mol. The molecule has 36 heavy (non-hydrogen) atoms. The first kappa shape index (κ1) is 25.9. The van der Waals surface area contributed by atoms with Gasteiger partial charge < -0.3 is 19.5 Å². The van der Waals surface area contributed by atoms with Crippen molar-refractivity contribution in [1.82, 2.24) is 9.21 Å². The molecule has 1 N–H and O–H groups in total. The number of hydrogen-bond donors (Lipinski definition) is 1. The maximum absolute atomic E-state index is 13.1. The van der Waals surface area contributed by atoms with Crippen molar-refractivity contribution in [3.63, 3.8) is 0 Å². The Morgan fingerprint density at radius 2 is 1.72 bits per heavy atom. The third-order valence-electron chi connectivity index (χ3n) is 6.57. The van der Waals surface area contributed by atoms with E-state index < -0.39 is 27.8 Å². The van der Waals surface area contributed by atoms with Crippen LogP contribution in [0.2, 0.25) is 0 Å². The molecular weight excluding hydrogens is 484 g/mol. The van der Waals surface area contributed by atoms with Gasteiger partial charge in [0.05, 0.1) is 30.2 Å². The molecule has 0 aromatic heterocycles. The second-order valence-electron chi connectivity index (χ2n) is 8.75. The first-order chi connectivity index (χ1) is 17.3. The number of carbonyl (C=O) groups excluding carboxylic acids is 2. The van der Waals surface area contributed by atoms with E-state index in [1.807, 2.05) is 0 Å². The molecule has 2 heterocycles. The highest BCUT2D eigenvalue weighted by molar-refractivity contribution is 7.89. The zero-order chi connectivity index (χ0) is 25.9. The van der Waals surface area contributed by atoms with Gasteiger partial charge in [-0.15, -0.1) is 0 Å². The van der Waals surface area contributed by atoms with E-state index in [1.165, 1.54) is 47.7 Å². The third-order valence-corrected chi connectivity index (χ3v) is 8.48. The predicted octanol–water partition coefficient (Wildman–Crippen LogP) is 2.94. The van der Waals surface area contributed by atoms with Crippen LogP contribution in [-0.2, 0) is 24.3 Å². The van der Waals surface area contributed by atoms with E-state index in [2.05, 4.69) is 0 Å². The van der Waals surface area contributed by atoms with Crippen LogP contribution in [0.5, 0.6) is 5.75 Å². The molecule has 10 heteroatoms. The summed E-state index contributed by atoms with van der Waals surface area (Å²) in [6, 6.07) is 11.8. The highest BCUT2D eigenvalue weighted by Crippen LogP contribution is 2.40. The van der Waals surface area contributed by atoms with Crippen LogP contribution < -0.4 is 4.74 Å². The summed E-state index contributed by atoms with van der Waals surface area (Å²) in [5.41, 5.74) is 0.761. The predicted molar refractivity (Wildman–Crippen MR) is 133 cm³/mol. The van der Waals surface area contributed by atoms with Gasteiger partial charge in [0.2, 0.25) is 10.0 Å². The maximum Gasteiger partial charge on any atom is 0.295 e. The van der Waals surface area contributed by atoms with Crippen LogP contribution >= 0.6 is 0 Å². The lowest BCUT2D eigenvalue weighted by molar-refractivity contribution is -0.140. The van der Waals surface area contributed by atoms with Crippen LogP contribution in [0.25, 0.3) is 5.76 Å². The van der Waals surface area contributed by atoms with Gasteiger partial charge in [0.15, 0.2) is 0 Å². The van der Waals surface area contributed by atoms with Crippen molar-refractivity contribution in [2.45, 2.75) is 30.2 Å². The van der Waals surface area contributed by atoms with E-state index in [4.69, 9.17) is 9.47 Å². The smallest absolute Gasteiger partial charge is 0.295 e. The van der Waals surface area contributed by atoms with E-state index >= 15 is 0 Å². The fraction of sp³-hybridized carbons (Fsp3) is 0.385. The lowest BCUT2D eigenvalue weighted by atomic mass is 9.95. The van der Waals surface area contributed by atoms with Crippen LogP contribution in [0, 0.1) is 0 Å². The Morgan fingerprint density at radius 1 is 1.03 bits per heavy atom. The molecule has 2 aliphatic rings. The highest BCUT2D eigenvalue weighted by atomic mass is 32.2. The molecule has 192 valence electrons. The zero-order valence-corrected chi connectivity index (χ0v) is 21.2. The van der Waals surface area contributed by atoms with Gasteiger partial charge >= 0.3 is 0 Å². The molecule has 0 unspecified atom stereocenters. The van der Waals surface area contributed by atoms with Crippen LogP contribution in [0.4, 0.5) is 0 Å². The Labute approximate surface area is 211 Å². The standard InChI is InChI=1S/C26H30N2O7S/c1-34-16-15-28-23(19-7-6-8-20(17-19)35-2)22(25(30)26(28)31)24(29)18-9-11-21(12-10-18)36(32,33)27-13-4-3-5-14-27/h6-12,17,23,29H,3-5,13-16H2,1-2H3/b24-22+/t23-/m0/s1. The van der Waals surface area contributed by atoms with Crippen molar-refractivity contribution in [2.75, 3.05) is 40.5 Å². The van der Waals surface area contributed by atoms with E-state index in [9.17, 15) is 23.1 Å². The zero-order valence-electron chi connectivity index (χ0n) is 20.3. The Bertz CT molecular complexity index is 1270. The summed E-state index contributed by atoms with van der Waals surface area (Å²) < 4.78 is 37.9. The summed E-state index contributed by atoms with van der Waals surface area (Å²) in [6.07, 6.45) is 2.66. The number of ketones is 1. The number of amides is 1. The van der Waals surface area contributed by atoms with Crippen LogP contribution in [0.15, 0.2) is 59.0 Å². The molecule has 0 bridgehead atoms. The first-order valence-corrected chi connectivity index (χ1v) is 13.3. The fourth-order valence-corrected chi connectivity index (χ4v) is 6.17. The minimum atomic E-state index is -3.65. The van der Waals surface area contributed by atoms with Crippen molar-refractivity contribution >= 4 is 27.5 Å². The second kappa shape index (κ2) is 10.8. The minimum absolute atomic E-state index is 0.0732. The largest absolute Gasteiger partial charge is 0.507 e. The first-order valence-electron chi connectivity index (χ1n) is 11.8. The number of Topliss-reactive ketones (excluding diaryl/α,β-unsaturated/α-hetero) is 1. The monoisotopic (exact) mass is 514 g/mol. The van der Waals surface area contributed by atoms with Gasteiger partial charge in [-0.3, -0.25) is 9.59 Å². The molecule has 2 aromatic rings. The molecule has 1 atom stereocenters. The number of ether oxygens (including phenoxy) is 2. The Hall–Kier alpha value is -3.21. The Balaban J connectivity index is 1.74. The molecule has 4 rings (SSSR count). The number of carbonyl (C=O) groups is 2. The summed E-state index contributed by atoms with van der Waals surface area (Å²) in [4.78, 5) is 27.5. The number of rotatable bonds is 8. The van der Waals surface area contributed by atoms with Crippen LogP contribution in [0.1, 0.15) is 36.4 Å². The maximum atomic E-state index is 13.1. The number of hydrogen-bond acceptors (Lipinski definition) is 7. The van der Waals surface area contributed by atoms with E-state index in [1.54, 1.807) is 24.3 Å². The molecule has 1 amide bonds. The minimum Gasteiger partial charge on any atom is -0.507 e. The van der Waals surface area contributed by atoms with Gasteiger partial charge in [-0.25, -0.2) is 8.42 Å². The SMILES string of the molecule is COCCN1C(=O)C(=O)/C(=C(/O)c2ccc(S(=O)(=O)N3CCCCC3)cc2)[C@@H]1c1cccc(OC)c1. The summed E-state index contributed by atoms with van der Waals surface area (Å²) in [5.74, 6) is -1.40. The molecule has 2 aliphatic heterocycles. The number of aliphatic hydroxyl groups excluding tert-OH is 1. The van der Waals surface area contributed by atoms with Crippen molar-refractivity contribution in [3.05, 3.63) is 65.2 Å². The van der Waals surface area contributed by atoms with Crippen molar-refractivity contribution in [2.24, 2.45) is 0 Å². The van der Waals surface area contributed by atoms with E-state index in [0.29, 0.717) is 24.4 Å². The average Bonchev–Trinajstić information content (AvgIpc) is 3.17. The fourth-order valence-electron chi connectivity index (χ4n) is 4.65. The molecule has 0 aliphatic carbocycles. The third kappa shape index (κ3) is 4.88. The normalized spacial score (nSPS) is 20.6. The van der Waals surface area contributed by atoms with E-state index in [-0.39, 0.29) is 34.9 Å².